The van der Waals surface area contributed by atoms with Gasteiger partial charge in [-0.25, -0.2) is 0 Å². The van der Waals surface area contributed by atoms with Crippen molar-refractivity contribution in [1.29, 1.82) is 0 Å². The van der Waals surface area contributed by atoms with Gasteiger partial charge in [-0.15, -0.1) is 23.2 Å². The smallest absolute Gasteiger partial charge is 0.237 e. The fourth-order valence-corrected chi connectivity index (χ4v) is 0.778. The average Bonchev–Trinajstić information content (AvgIpc) is 1.84. The van der Waals surface area contributed by atoms with Gasteiger partial charge >= 0.3 is 0 Å². The van der Waals surface area contributed by atoms with Gasteiger partial charge < -0.3 is 10.8 Å². The lowest BCUT2D eigenvalue weighted by Crippen LogP contribution is -2.36. The molecule has 0 spiro atoms. The minimum absolute atomic E-state index is 0.804. The van der Waals surface area contributed by atoms with E-state index in [-0.39, 0.29) is 0 Å². The predicted octanol–water partition coefficient (Wildman–Crippen LogP) is 0.244. The average molecular weight is 206 g/mol. The molecule has 0 fully saturated rings. The SMILES string of the molecule is NC(=O)C(Cl)C(Cl)C(O)Cl. The van der Waals surface area contributed by atoms with Crippen LogP contribution in [0.15, 0.2) is 0 Å². The molecule has 0 bridgehead atoms. The minimum atomic E-state index is -1.36. The zero-order chi connectivity index (χ0) is 8.31. The Bertz CT molecular complexity index is 130. The number of carbonyl (C=O) groups is 1. The van der Waals surface area contributed by atoms with E-state index >= 15 is 0 Å². The molecule has 10 heavy (non-hydrogen) atoms. The van der Waals surface area contributed by atoms with Gasteiger partial charge in [-0.1, -0.05) is 11.6 Å². The quantitative estimate of drug-likeness (QED) is 0.650. The number of amides is 1. The number of hydrogen-bond acceptors (Lipinski definition) is 2. The highest BCUT2D eigenvalue weighted by molar-refractivity contribution is 6.39. The first-order valence-corrected chi connectivity index (χ1v) is 3.67. The monoisotopic (exact) mass is 205 g/mol. The topological polar surface area (TPSA) is 63.3 Å². The number of aliphatic hydroxyl groups excluding tert-OH is 1. The molecule has 0 radical (unpaired) electrons. The molecular weight excluding hydrogens is 200 g/mol. The van der Waals surface area contributed by atoms with E-state index in [0.717, 1.165) is 0 Å². The van der Waals surface area contributed by atoms with E-state index in [4.69, 9.17) is 45.6 Å². The van der Waals surface area contributed by atoms with E-state index in [1.54, 1.807) is 0 Å². The van der Waals surface area contributed by atoms with Crippen LogP contribution in [0.1, 0.15) is 0 Å². The van der Waals surface area contributed by atoms with Crippen molar-refractivity contribution in [3.63, 3.8) is 0 Å². The Balaban J connectivity index is 3.94. The molecule has 0 aliphatic heterocycles. The zero-order valence-electron chi connectivity index (χ0n) is 4.80. The fraction of sp³-hybridized carbons (Fsp3) is 0.750. The Morgan fingerprint density at radius 1 is 1.40 bits per heavy atom. The van der Waals surface area contributed by atoms with Crippen molar-refractivity contribution in [3.05, 3.63) is 0 Å². The maximum atomic E-state index is 10.3. The molecule has 6 heteroatoms. The number of carbonyl (C=O) groups excluding carboxylic acids is 1. The van der Waals surface area contributed by atoms with Crippen LogP contribution in [0, 0.1) is 0 Å². The minimum Gasteiger partial charge on any atom is -0.376 e. The van der Waals surface area contributed by atoms with Crippen molar-refractivity contribution in [2.24, 2.45) is 5.73 Å². The van der Waals surface area contributed by atoms with Gasteiger partial charge in [0.2, 0.25) is 5.91 Å². The summed E-state index contributed by atoms with van der Waals surface area (Å²) >= 11 is 15.8. The largest absolute Gasteiger partial charge is 0.376 e. The highest BCUT2D eigenvalue weighted by Gasteiger charge is 2.27. The second-order valence-corrected chi connectivity index (χ2v) is 3.04. The summed E-state index contributed by atoms with van der Waals surface area (Å²) in [5.41, 5.74) is 3.39. The first-order valence-electron chi connectivity index (χ1n) is 2.36. The van der Waals surface area contributed by atoms with Crippen molar-refractivity contribution >= 4 is 40.7 Å². The fourth-order valence-electron chi connectivity index (χ4n) is 0.296. The molecule has 0 rings (SSSR count). The van der Waals surface area contributed by atoms with Gasteiger partial charge in [0.15, 0.2) is 0 Å². The molecule has 1 amide bonds. The van der Waals surface area contributed by atoms with Gasteiger partial charge in [-0.05, 0) is 0 Å². The third-order valence-corrected chi connectivity index (χ3v) is 2.32. The van der Waals surface area contributed by atoms with Crippen molar-refractivity contribution in [3.8, 4) is 0 Å². The summed E-state index contributed by atoms with van der Waals surface area (Å²) in [5, 5.41) is 6.38. The number of nitrogens with two attached hydrogens (primary N) is 1. The molecule has 0 aliphatic rings. The third kappa shape index (κ3) is 2.92. The molecule has 0 aromatic carbocycles. The zero-order valence-corrected chi connectivity index (χ0v) is 7.07. The lowest BCUT2D eigenvalue weighted by molar-refractivity contribution is -0.117. The lowest BCUT2D eigenvalue weighted by atomic mass is 10.3. The molecule has 0 heterocycles. The number of rotatable bonds is 3. The van der Waals surface area contributed by atoms with E-state index < -0.39 is 22.2 Å². The first kappa shape index (κ1) is 10.3. The Morgan fingerprint density at radius 3 is 1.90 bits per heavy atom. The van der Waals surface area contributed by atoms with E-state index in [0.29, 0.717) is 0 Å². The summed E-state index contributed by atoms with van der Waals surface area (Å²) in [5.74, 6) is -0.804. The molecule has 0 aromatic heterocycles. The molecule has 3 N–H and O–H groups in total. The van der Waals surface area contributed by atoms with Crippen molar-refractivity contribution in [2.75, 3.05) is 0 Å². The Kier molecular flexibility index (Phi) is 4.36. The molecule has 60 valence electrons. The summed E-state index contributed by atoms with van der Waals surface area (Å²) < 4.78 is 0. The Hall–Kier alpha value is 0.300. The van der Waals surface area contributed by atoms with Crippen LogP contribution in [-0.2, 0) is 4.79 Å². The standard InChI is InChI=1S/C4H6Cl3NO2/c5-1(3(7)9)2(6)4(8)10/h1-3,9H,(H2,8,10). The number of alkyl halides is 3. The van der Waals surface area contributed by atoms with Crippen LogP contribution in [0.4, 0.5) is 0 Å². The van der Waals surface area contributed by atoms with Crippen molar-refractivity contribution in [2.45, 2.75) is 16.3 Å². The number of hydrogen-bond donors (Lipinski definition) is 2. The van der Waals surface area contributed by atoms with Crippen LogP contribution in [0.25, 0.3) is 0 Å². The van der Waals surface area contributed by atoms with Crippen LogP contribution < -0.4 is 5.73 Å². The summed E-state index contributed by atoms with van der Waals surface area (Å²) in [6.45, 7) is 0. The van der Waals surface area contributed by atoms with Crippen LogP contribution in [0.2, 0.25) is 0 Å². The molecule has 3 nitrogen and oxygen atoms in total. The van der Waals surface area contributed by atoms with Gasteiger partial charge in [0, 0.05) is 0 Å². The van der Waals surface area contributed by atoms with Crippen LogP contribution in [-0.4, -0.2) is 27.3 Å². The second-order valence-electron chi connectivity index (χ2n) is 1.62. The maximum Gasteiger partial charge on any atom is 0.237 e. The highest BCUT2D eigenvalue weighted by atomic mass is 35.5. The summed E-state index contributed by atoms with van der Waals surface area (Å²) in [6.07, 6.45) is 0. The van der Waals surface area contributed by atoms with Gasteiger partial charge in [-0.2, -0.15) is 0 Å². The second kappa shape index (κ2) is 4.23. The third-order valence-electron chi connectivity index (χ3n) is 0.814. The van der Waals surface area contributed by atoms with E-state index in [2.05, 4.69) is 0 Å². The molecule has 3 unspecified atom stereocenters. The summed E-state index contributed by atoms with van der Waals surface area (Å²) in [6, 6.07) is 0. The molecular formula is C4H6Cl3NO2. The number of halogens is 3. The summed E-state index contributed by atoms with van der Waals surface area (Å²) in [4.78, 5) is 10.3. The van der Waals surface area contributed by atoms with Gasteiger partial charge in [0.1, 0.15) is 10.9 Å². The molecule has 3 atom stereocenters. The van der Waals surface area contributed by atoms with Crippen LogP contribution in [0.3, 0.4) is 0 Å². The predicted molar refractivity (Wildman–Crippen MR) is 40.3 cm³/mol. The molecule has 0 saturated carbocycles. The van der Waals surface area contributed by atoms with Gasteiger partial charge in [0.25, 0.3) is 0 Å². The number of primary amides is 1. The summed E-state index contributed by atoms with van der Waals surface area (Å²) in [7, 11) is 0. The van der Waals surface area contributed by atoms with Gasteiger partial charge in [0.05, 0.1) is 5.38 Å². The first-order chi connectivity index (χ1) is 4.46. The normalized spacial score (nSPS) is 19.6. The van der Waals surface area contributed by atoms with E-state index in [1.807, 2.05) is 0 Å². The van der Waals surface area contributed by atoms with Crippen LogP contribution in [0.5, 0.6) is 0 Å². The van der Waals surface area contributed by atoms with Gasteiger partial charge in [-0.3, -0.25) is 4.79 Å². The number of aliphatic hydroxyl groups is 1. The Labute approximate surface area is 73.0 Å². The highest BCUT2D eigenvalue weighted by Crippen LogP contribution is 2.15. The lowest BCUT2D eigenvalue weighted by Gasteiger charge is -2.13. The Morgan fingerprint density at radius 2 is 1.80 bits per heavy atom. The molecule has 0 aliphatic carbocycles. The van der Waals surface area contributed by atoms with E-state index in [1.165, 1.54) is 0 Å². The van der Waals surface area contributed by atoms with Crippen LogP contribution >= 0.6 is 34.8 Å². The maximum absolute atomic E-state index is 10.3. The molecule has 0 aromatic rings. The van der Waals surface area contributed by atoms with E-state index in [9.17, 15) is 4.79 Å². The van der Waals surface area contributed by atoms with Crippen molar-refractivity contribution < 1.29 is 9.90 Å². The van der Waals surface area contributed by atoms with Crippen molar-refractivity contribution in [1.82, 2.24) is 0 Å². The molecule has 0 saturated heterocycles.